The van der Waals surface area contributed by atoms with Gasteiger partial charge in [0.05, 0.1) is 16.8 Å². The predicted octanol–water partition coefficient (Wildman–Crippen LogP) is 5.86. The van der Waals surface area contributed by atoms with Gasteiger partial charge in [-0.15, -0.1) is 0 Å². The minimum Gasteiger partial charge on any atom is -0.351 e. The van der Waals surface area contributed by atoms with Gasteiger partial charge in [-0.3, -0.25) is 4.98 Å². The van der Waals surface area contributed by atoms with Crippen LogP contribution in [0.3, 0.4) is 0 Å². The molecule has 1 aliphatic rings. The summed E-state index contributed by atoms with van der Waals surface area (Å²) in [5, 5.41) is 4.74. The van der Waals surface area contributed by atoms with Crippen LogP contribution >= 0.6 is 39.7 Å². The lowest BCUT2D eigenvalue weighted by molar-refractivity contribution is 0.548. The molecule has 0 amide bonds. The molecule has 1 saturated heterocycles. The number of hydrogen-bond acceptors (Lipinski definition) is 3. The molecule has 5 nitrogen and oxygen atoms in total. The molecular formula is C23H17BrClN5S. The zero-order chi connectivity index (χ0) is 21.4. The molecule has 5 rings (SSSR count). The molecule has 0 radical (unpaired) electrons. The Kier molecular flexibility index (Phi) is 5.48. The zero-order valence-corrected chi connectivity index (χ0v) is 19.3. The highest BCUT2D eigenvalue weighted by molar-refractivity contribution is 9.10. The third kappa shape index (κ3) is 3.84. The van der Waals surface area contributed by atoms with Gasteiger partial charge in [0.25, 0.3) is 0 Å². The second kappa shape index (κ2) is 8.42. The number of thiocarbonyl (C=S) groups is 1. The number of nitrogens with zero attached hydrogens (tertiary/aromatic N) is 4. The summed E-state index contributed by atoms with van der Waals surface area (Å²) in [6.45, 7) is 0. The second-order valence-electron chi connectivity index (χ2n) is 7.11. The molecule has 0 spiro atoms. The van der Waals surface area contributed by atoms with Crippen LogP contribution in [-0.2, 0) is 0 Å². The maximum absolute atomic E-state index is 6.06. The van der Waals surface area contributed by atoms with Gasteiger partial charge in [-0.1, -0.05) is 33.6 Å². The van der Waals surface area contributed by atoms with E-state index in [1.54, 1.807) is 12.4 Å². The molecule has 3 aromatic heterocycles. The van der Waals surface area contributed by atoms with Crippen molar-refractivity contribution in [2.24, 2.45) is 0 Å². The topological polar surface area (TPSA) is 46.0 Å². The molecule has 4 heterocycles. The summed E-state index contributed by atoms with van der Waals surface area (Å²) in [5.74, 6) is 0.790. The summed E-state index contributed by atoms with van der Waals surface area (Å²) in [6, 6.07) is 21.7. The molecule has 8 heteroatoms. The Morgan fingerprint density at radius 2 is 1.81 bits per heavy atom. The van der Waals surface area contributed by atoms with Crippen LogP contribution in [0.15, 0.2) is 89.8 Å². The second-order valence-corrected chi connectivity index (χ2v) is 8.85. The van der Waals surface area contributed by atoms with Gasteiger partial charge in [-0.25, -0.2) is 4.98 Å². The first-order chi connectivity index (χ1) is 15.1. The molecule has 0 saturated carbocycles. The summed E-state index contributed by atoms with van der Waals surface area (Å²) in [7, 11) is 0. The number of hydrogen-bond donors (Lipinski definition) is 1. The number of pyridine rings is 2. The first-order valence-corrected chi connectivity index (χ1v) is 11.2. The van der Waals surface area contributed by atoms with E-state index in [9.17, 15) is 0 Å². The Bertz CT molecular complexity index is 1210. The highest BCUT2D eigenvalue weighted by atomic mass is 79.9. The average Bonchev–Trinajstić information content (AvgIpc) is 3.40. The molecule has 1 aliphatic heterocycles. The van der Waals surface area contributed by atoms with Crippen molar-refractivity contribution in [2.45, 2.75) is 12.1 Å². The fraction of sp³-hybridized carbons (Fsp3) is 0.0870. The monoisotopic (exact) mass is 509 g/mol. The van der Waals surface area contributed by atoms with Crippen LogP contribution < -0.4 is 10.2 Å². The van der Waals surface area contributed by atoms with Crippen LogP contribution in [0.5, 0.6) is 0 Å². The zero-order valence-electron chi connectivity index (χ0n) is 16.2. The van der Waals surface area contributed by atoms with Crippen LogP contribution in [-0.4, -0.2) is 19.6 Å². The van der Waals surface area contributed by atoms with Gasteiger partial charge in [0.15, 0.2) is 5.11 Å². The van der Waals surface area contributed by atoms with Crippen molar-refractivity contribution in [3.05, 3.63) is 106 Å². The number of nitrogens with one attached hydrogen (secondary N) is 1. The molecule has 4 aromatic rings. The van der Waals surface area contributed by atoms with E-state index >= 15 is 0 Å². The highest BCUT2D eigenvalue weighted by Gasteiger charge is 2.42. The summed E-state index contributed by atoms with van der Waals surface area (Å²) in [6.07, 6.45) is 5.46. The van der Waals surface area contributed by atoms with E-state index in [1.165, 1.54) is 0 Å². The molecule has 154 valence electrons. The number of benzene rings is 1. The lowest BCUT2D eigenvalue weighted by Crippen LogP contribution is -2.30. The lowest BCUT2D eigenvalue weighted by Gasteiger charge is -2.28. The van der Waals surface area contributed by atoms with Crippen molar-refractivity contribution in [3.8, 4) is 5.82 Å². The first kappa shape index (κ1) is 20.2. The van der Waals surface area contributed by atoms with Crippen LogP contribution in [0.2, 0.25) is 5.02 Å². The van der Waals surface area contributed by atoms with Crippen molar-refractivity contribution in [3.63, 3.8) is 0 Å². The predicted molar refractivity (Wildman–Crippen MR) is 131 cm³/mol. The molecule has 2 atom stereocenters. The smallest absolute Gasteiger partial charge is 0.174 e. The average molecular weight is 511 g/mol. The minimum absolute atomic E-state index is 0.127. The van der Waals surface area contributed by atoms with Crippen LogP contribution in [0.4, 0.5) is 5.69 Å². The van der Waals surface area contributed by atoms with Gasteiger partial charge in [-0.05, 0) is 72.9 Å². The summed E-state index contributed by atoms with van der Waals surface area (Å²) < 4.78 is 3.08. The van der Waals surface area contributed by atoms with Crippen molar-refractivity contribution in [1.29, 1.82) is 0 Å². The van der Waals surface area contributed by atoms with Gasteiger partial charge >= 0.3 is 0 Å². The quantitative estimate of drug-likeness (QED) is 0.348. The van der Waals surface area contributed by atoms with Crippen LogP contribution in [0.25, 0.3) is 5.82 Å². The summed E-state index contributed by atoms with van der Waals surface area (Å²) in [5.41, 5.74) is 2.97. The fourth-order valence-corrected chi connectivity index (χ4v) is 4.61. The molecule has 1 aromatic carbocycles. The summed E-state index contributed by atoms with van der Waals surface area (Å²) in [4.78, 5) is 11.3. The molecule has 0 bridgehead atoms. The minimum atomic E-state index is -0.129. The van der Waals surface area contributed by atoms with Gasteiger partial charge in [0.2, 0.25) is 0 Å². The molecular weight excluding hydrogens is 494 g/mol. The maximum Gasteiger partial charge on any atom is 0.174 e. The molecule has 0 unspecified atom stereocenters. The number of anilines is 1. The molecule has 1 N–H and O–H groups in total. The van der Waals surface area contributed by atoms with Gasteiger partial charge in [0, 0.05) is 34.4 Å². The summed E-state index contributed by atoms with van der Waals surface area (Å²) >= 11 is 15.4. The Morgan fingerprint density at radius 3 is 2.52 bits per heavy atom. The van der Waals surface area contributed by atoms with Gasteiger partial charge in [0.1, 0.15) is 11.9 Å². The van der Waals surface area contributed by atoms with Crippen molar-refractivity contribution in [1.82, 2.24) is 19.9 Å². The van der Waals surface area contributed by atoms with Gasteiger partial charge < -0.3 is 14.8 Å². The number of rotatable bonds is 4. The maximum atomic E-state index is 6.06. The standard InChI is InChI=1S/C23H17BrClN5S/c24-15-6-9-17(10-7-15)30-22(21(28-23(30)31)18-4-1-2-12-26-18)19-5-3-13-29(19)20-11-8-16(25)14-27-20/h1-14,21-22H,(H,28,31)/t21-,22-/m1/s1. The van der Waals surface area contributed by atoms with E-state index in [1.807, 2.05) is 54.7 Å². The molecule has 1 fully saturated rings. The highest BCUT2D eigenvalue weighted by Crippen LogP contribution is 2.42. The van der Waals surface area contributed by atoms with Crippen LogP contribution in [0, 0.1) is 0 Å². The largest absolute Gasteiger partial charge is 0.351 e. The Balaban J connectivity index is 1.66. The third-order valence-corrected chi connectivity index (χ3v) is 6.31. The van der Waals surface area contributed by atoms with E-state index in [0.29, 0.717) is 10.1 Å². The Labute approximate surface area is 198 Å². The van der Waals surface area contributed by atoms with Crippen molar-refractivity contribution >= 4 is 50.5 Å². The van der Waals surface area contributed by atoms with E-state index in [2.05, 4.69) is 58.9 Å². The van der Waals surface area contributed by atoms with Crippen LogP contribution in [0.1, 0.15) is 23.5 Å². The fourth-order valence-electron chi connectivity index (χ4n) is 3.89. The van der Waals surface area contributed by atoms with E-state index in [0.717, 1.165) is 27.4 Å². The van der Waals surface area contributed by atoms with E-state index < -0.39 is 0 Å². The number of aromatic nitrogens is 3. The van der Waals surface area contributed by atoms with Crippen molar-refractivity contribution < 1.29 is 0 Å². The Hall–Kier alpha value is -2.74. The lowest BCUT2D eigenvalue weighted by atomic mass is 10.0. The normalized spacial score (nSPS) is 18.3. The first-order valence-electron chi connectivity index (χ1n) is 9.67. The number of halogens is 2. The van der Waals surface area contributed by atoms with E-state index in [-0.39, 0.29) is 12.1 Å². The Morgan fingerprint density at radius 1 is 0.968 bits per heavy atom. The van der Waals surface area contributed by atoms with Gasteiger partial charge in [-0.2, -0.15) is 0 Å². The molecule has 0 aliphatic carbocycles. The van der Waals surface area contributed by atoms with E-state index in [4.69, 9.17) is 23.8 Å². The van der Waals surface area contributed by atoms with Crippen molar-refractivity contribution in [2.75, 3.05) is 4.90 Å². The third-order valence-electron chi connectivity index (χ3n) is 5.24. The SMILES string of the molecule is S=C1N[C@H](c2ccccn2)[C@@H](c2cccn2-c2ccc(Cl)cn2)N1c1ccc(Br)cc1. The molecule has 31 heavy (non-hydrogen) atoms.